The maximum absolute atomic E-state index is 13.9. The van der Waals surface area contributed by atoms with Crippen molar-refractivity contribution in [3.63, 3.8) is 0 Å². The number of rotatable bonds is 6. The van der Waals surface area contributed by atoms with Crippen LogP contribution in [0.3, 0.4) is 0 Å². The number of methoxy groups -OCH3 is 1. The van der Waals surface area contributed by atoms with E-state index >= 15 is 0 Å². The molecule has 0 bridgehead atoms. The first-order valence-corrected chi connectivity index (χ1v) is 6.97. The standard InChI is InChI=1S/C16H17FN2OS/c1-20-15-5-3-2-4-11(15)8-9-19-14-7-6-12(16(18)21)10-13(14)17/h2-7,10,19H,8-9H2,1H3,(H2,18,21). The molecule has 3 N–H and O–H groups in total. The van der Waals surface area contributed by atoms with Crippen LogP contribution in [0.5, 0.6) is 5.75 Å². The average molecular weight is 304 g/mol. The first kappa shape index (κ1) is 15.3. The van der Waals surface area contributed by atoms with Crippen molar-refractivity contribution in [1.29, 1.82) is 0 Å². The summed E-state index contributed by atoms with van der Waals surface area (Å²) < 4.78 is 19.2. The number of hydrogen-bond acceptors (Lipinski definition) is 3. The zero-order valence-corrected chi connectivity index (χ0v) is 12.5. The summed E-state index contributed by atoms with van der Waals surface area (Å²) in [6.45, 7) is 0.601. The average Bonchev–Trinajstić information content (AvgIpc) is 2.49. The summed E-state index contributed by atoms with van der Waals surface area (Å²) in [6, 6.07) is 12.5. The second-order valence-electron chi connectivity index (χ2n) is 4.55. The lowest BCUT2D eigenvalue weighted by Gasteiger charge is -2.11. The van der Waals surface area contributed by atoms with E-state index in [2.05, 4.69) is 5.32 Å². The van der Waals surface area contributed by atoms with Crippen LogP contribution in [0.4, 0.5) is 10.1 Å². The summed E-state index contributed by atoms with van der Waals surface area (Å²) >= 11 is 4.82. The monoisotopic (exact) mass is 304 g/mol. The molecule has 0 spiro atoms. The van der Waals surface area contributed by atoms with Crippen LogP contribution in [0.25, 0.3) is 0 Å². The molecule has 0 heterocycles. The fourth-order valence-electron chi connectivity index (χ4n) is 2.05. The molecule has 0 fully saturated rings. The van der Waals surface area contributed by atoms with Crippen LogP contribution in [-0.4, -0.2) is 18.6 Å². The third kappa shape index (κ3) is 3.92. The van der Waals surface area contributed by atoms with Gasteiger partial charge in [0.2, 0.25) is 0 Å². The Morgan fingerprint density at radius 3 is 2.71 bits per heavy atom. The minimum atomic E-state index is -0.361. The number of anilines is 1. The molecule has 0 radical (unpaired) electrons. The lowest BCUT2D eigenvalue weighted by atomic mass is 10.1. The Morgan fingerprint density at radius 1 is 1.29 bits per heavy atom. The molecule has 0 aliphatic heterocycles. The Balaban J connectivity index is 1.99. The minimum Gasteiger partial charge on any atom is -0.496 e. The van der Waals surface area contributed by atoms with Gasteiger partial charge < -0.3 is 15.8 Å². The number of ether oxygens (including phenoxy) is 1. The molecule has 21 heavy (non-hydrogen) atoms. The van der Waals surface area contributed by atoms with Gasteiger partial charge in [0.15, 0.2) is 0 Å². The van der Waals surface area contributed by atoms with Gasteiger partial charge >= 0.3 is 0 Å². The summed E-state index contributed by atoms with van der Waals surface area (Å²) in [6.07, 6.45) is 0.737. The van der Waals surface area contributed by atoms with Gasteiger partial charge in [-0.3, -0.25) is 0 Å². The molecule has 0 amide bonds. The van der Waals surface area contributed by atoms with Gasteiger partial charge in [-0.2, -0.15) is 0 Å². The van der Waals surface area contributed by atoms with Crippen LogP contribution in [0.2, 0.25) is 0 Å². The summed E-state index contributed by atoms with van der Waals surface area (Å²) in [5.41, 5.74) is 7.51. The lowest BCUT2D eigenvalue weighted by Crippen LogP contribution is -2.11. The number of nitrogens with one attached hydrogen (secondary N) is 1. The van der Waals surface area contributed by atoms with Gasteiger partial charge in [-0.15, -0.1) is 0 Å². The molecule has 0 saturated heterocycles. The summed E-state index contributed by atoms with van der Waals surface area (Å²) in [7, 11) is 1.64. The number of benzene rings is 2. The van der Waals surface area contributed by atoms with Gasteiger partial charge in [-0.25, -0.2) is 4.39 Å². The van der Waals surface area contributed by atoms with Crippen molar-refractivity contribution in [1.82, 2.24) is 0 Å². The highest BCUT2D eigenvalue weighted by Gasteiger charge is 2.06. The van der Waals surface area contributed by atoms with Crippen molar-refractivity contribution < 1.29 is 9.13 Å². The normalized spacial score (nSPS) is 10.2. The van der Waals surface area contributed by atoms with Gasteiger partial charge in [0.1, 0.15) is 16.6 Å². The largest absolute Gasteiger partial charge is 0.496 e. The smallest absolute Gasteiger partial charge is 0.146 e. The molecule has 2 aromatic carbocycles. The van der Waals surface area contributed by atoms with Crippen molar-refractivity contribution >= 4 is 22.9 Å². The topological polar surface area (TPSA) is 47.3 Å². The van der Waals surface area contributed by atoms with Gasteiger partial charge in [-0.1, -0.05) is 30.4 Å². The number of nitrogens with two attached hydrogens (primary N) is 1. The highest BCUT2D eigenvalue weighted by molar-refractivity contribution is 7.80. The SMILES string of the molecule is COc1ccccc1CCNc1ccc(C(N)=S)cc1F. The Hall–Kier alpha value is -2.14. The third-order valence-corrected chi connectivity index (χ3v) is 3.39. The maximum Gasteiger partial charge on any atom is 0.146 e. The molecule has 0 aliphatic carbocycles. The predicted octanol–water partition coefficient (Wildman–Crippen LogP) is 3.12. The first-order chi connectivity index (χ1) is 10.1. The predicted molar refractivity (Wildman–Crippen MR) is 87.5 cm³/mol. The Bertz CT molecular complexity index is 646. The quantitative estimate of drug-likeness (QED) is 0.805. The highest BCUT2D eigenvalue weighted by Crippen LogP contribution is 2.19. The van der Waals surface area contributed by atoms with Gasteiger partial charge in [0.25, 0.3) is 0 Å². The van der Waals surface area contributed by atoms with E-state index < -0.39 is 0 Å². The number of hydrogen-bond donors (Lipinski definition) is 2. The van der Waals surface area contributed by atoms with Gasteiger partial charge in [-0.05, 0) is 36.2 Å². The van der Waals surface area contributed by atoms with E-state index in [9.17, 15) is 4.39 Å². The summed E-state index contributed by atoms with van der Waals surface area (Å²) in [5, 5.41) is 3.06. The Kier molecular flexibility index (Phi) is 5.11. The van der Waals surface area contributed by atoms with Crippen LogP contribution >= 0.6 is 12.2 Å². The fourth-order valence-corrected chi connectivity index (χ4v) is 2.18. The molecule has 2 rings (SSSR count). The Labute approximate surface area is 128 Å². The van der Waals surface area contributed by atoms with Crippen molar-refractivity contribution in [2.45, 2.75) is 6.42 Å². The summed E-state index contributed by atoms with van der Waals surface area (Å²) in [4.78, 5) is 0.189. The zero-order valence-electron chi connectivity index (χ0n) is 11.7. The lowest BCUT2D eigenvalue weighted by molar-refractivity contribution is 0.410. The highest BCUT2D eigenvalue weighted by atomic mass is 32.1. The van der Waals surface area contributed by atoms with E-state index in [0.717, 1.165) is 17.7 Å². The first-order valence-electron chi connectivity index (χ1n) is 6.57. The van der Waals surface area contributed by atoms with E-state index in [0.29, 0.717) is 17.8 Å². The van der Waals surface area contributed by atoms with Crippen molar-refractivity contribution in [3.05, 3.63) is 59.4 Å². The van der Waals surface area contributed by atoms with Gasteiger partial charge in [0.05, 0.1) is 12.8 Å². The molecule has 0 aromatic heterocycles. The molecule has 3 nitrogen and oxygen atoms in total. The number of thiocarbonyl (C=S) groups is 1. The van der Waals surface area contributed by atoms with Crippen molar-refractivity contribution in [3.8, 4) is 5.75 Å². The molecular weight excluding hydrogens is 287 g/mol. The van der Waals surface area contributed by atoms with E-state index in [1.165, 1.54) is 6.07 Å². The number of halogens is 1. The molecule has 110 valence electrons. The molecule has 0 atom stereocenters. The molecule has 5 heteroatoms. The van der Waals surface area contributed by atoms with E-state index in [1.807, 2.05) is 24.3 Å². The van der Waals surface area contributed by atoms with Crippen LogP contribution in [0.1, 0.15) is 11.1 Å². The van der Waals surface area contributed by atoms with Crippen LogP contribution in [-0.2, 0) is 6.42 Å². The molecule has 0 saturated carbocycles. The van der Waals surface area contributed by atoms with E-state index in [1.54, 1.807) is 19.2 Å². The van der Waals surface area contributed by atoms with Crippen molar-refractivity contribution in [2.24, 2.45) is 5.73 Å². The molecule has 0 aliphatic rings. The fraction of sp³-hybridized carbons (Fsp3) is 0.188. The number of para-hydroxylation sites is 1. The van der Waals surface area contributed by atoms with E-state index in [4.69, 9.17) is 22.7 Å². The molecular formula is C16H17FN2OS. The Morgan fingerprint density at radius 2 is 2.05 bits per heavy atom. The third-order valence-electron chi connectivity index (χ3n) is 3.16. The van der Waals surface area contributed by atoms with Gasteiger partial charge in [0, 0.05) is 12.1 Å². The second kappa shape index (κ2) is 7.04. The second-order valence-corrected chi connectivity index (χ2v) is 4.99. The van der Waals surface area contributed by atoms with E-state index in [-0.39, 0.29) is 10.8 Å². The minimum absolute atomic E-state index is 0.189. The zero-order chi connectivity index (χ0) is 15.2. The van der Waals surface area contributed by atoms with Crippen LogP contribution in [0.15, 0.2) is 42.5 Å². The molecule has 2 aromatic rings. The molecule has 0 unspecified atom stereocenters. The summed E-state index contributed by atoms with van der Waals surface area (Å²) in [5.74, 6) is 0.476. The van der Waals surface area contributed by atoms with Crippen LogP contribution < -0.4 is 15.8 Å². The maximum atomic E-state index is 13.9. The van der Waals surface area contributed by atoms with Crippen molar-refractivity contribution in [2.75, 3.05) is 19.0 Å². The van der Waals surface area contributed by atoms with Crippen LogP contribution in [0, 0.1) is 5.82 Å².